The first-order valence-electron chi connectivity index (χ1n) is 6.66. The van der Waals surface area contributed by atoms with Crippen LogP contribution in [-0.2, 0) is 0 Å². The first kappa shape index (κ1) is 15.9. The van der Waals surface area contributed by atoms with Gasteiger partial charge < -0.3 is 10.4 Å². The summed E-state index contributed by atoms with van der Waals surface area (Å²) in [5.74, 6) is 0. The SMILES string of the molecule is CCC(CC)(CO)CNC(C)c1ccc(I)cc1. The predicted octanol–water partition coefficient (Wildman–Crippen LogP) is 3.74. The smallest absolute Gasteiger partial charge is 0.0499 e. The molecule has 1 atom stereocenters. The van der Waals surface area contributed by atoms with Gasteiger partial charge in [-0.05, 0) is 60.1 Å². The molecule has 0 amide bonds. The molecule has 0 spiro atoms. The highest BCUT2D eigenvalue weighted by Crippen LogP contribution is 2.26. The Morgan fingerprint density at radius 3 is 2.22 bits per heavy atom. The van der Waals surface area contributed by atoms with Gasteiger partial charge in [-0.1, -0.05) is 26.0 Å². The summed E-state index contributed by atoms with van der Waals surface area (Å²) in [5, 5.41) is 13.1. The second-order valence-corrected chi connectivity index (χ2v) is 6.26. The molecule has 0 bridgehead atoms. The highest BCUT2D eigenvalue weighted by molar-refractivity contribution is 14.1. The van der Waals surface area contributed by atoms with Crippen LogP contribution < -0.4 is 5.32 Å². The molecule has 0 saturated carbocycles. The van der Waals surface area contributed by atoms with E-state index in [2.05, 4.69) is 72.9 Å². The van der Waals surface area contributed by atoms with Crippen molar-refractivity contribution in [2.45, 2.75) is 39.7 Å². The van der Waals surface area contributed by atoms with Crippen LogP contribution in [0, 0.1) is 8.99 Å². The number of nitrogens with one attached hydrogen (secondary N) is 1. The molecule has 1 aromatic rings. The second kappa shape index (κ2) is 7.46. The van der Waals surface area contributed by atoms with E-state index in [0.29, 0.717) is 6.04 Å². The van der Waals surface area contributed by atoms with Crippen LogP contribution in [0.1, 0.15) is 45.2 Å². The number of hydrogen-bond donors (Lipinski definition) is 2. The normalized spacial score (nSPS) is 13.6. The molecule has 0 aromatic heterocycles. The molecular formula is C15H24INO. The van der Waals surface area contributed by atoms with Crippen molar-refractivity contribution in [3.8, 4) is 0 Å². The number of rotatable bonds is 7. The highest BCUT2D eigenvalue weighted by atomic mass is 127. The maximum absolute atomic E-state index is 9.56. The summed E-state index contributed by atoms with van der Waals surface area (Å²) in [5.41, 5.74) is 1.33. The zero-order valence-electron chi connectivity index (χ0n) is 11.5. The Labute approximate surface area is 124 Å². The lowest BCUT2D eigenvalue weighted by Crippen LogP contribution is -2.37. The zero-order valence-corrected chi connectivity index (χ0v) is 13.7. The summed E-state index contributed by atoms with van der Waals surface area (Å²) in [6.45, 7) is 7.60. The third-order valence-corrected chi connectivity index (χ3v) is 4.71. The van der Waals surface area contributed by atoms with E-state index in [0.717, 1.165) is 19.4 Å². The molecular weight excluding hydrogens is 337 g/mol. The van der Waals surface area contributed by atoms with Crippen LogP contribution in [0.15, 0.2) is 24.3 Å². The lowest BCUT2D eigenvalue weighted by atomic mass is 9.83. The summed E-state index contributed by atoms with van der Waals surface area (Å²) in [7, 11) is 0. The molecule has 0 aliphatic rings. The van der Waals surface area contributed by atoms with Crippen molar-refractivity contribution in [1.82, 2.24) is 5.32 Å². The second-order valence-electron chi connectivity index (χ2n) is 5.02. The molecule has 1 unspecified atom stereocenters. The van der Waals surface area contributed by atoms with Gasteiger partial charge in [0.25, 0.3) is 0 Å². The van der Waals surface area contributed by atoms with Gasteiger partial charge in [0.05, 0.1) is 0 Å². The van der Waals surface area contributed by atoms with E-state index in [-0.39, 0.29) is 12.0 Å². The molecule has 1 aromatic carbocycles. The molecule has 0 aliphatic carbocycles. The Balaban J connectivity index is 2.59. The van der Waals surface area contributed by atoms with Crippen molar-refractivity contribution in [3.63, 3.8) is 0 Å². The first-order chi connectivity index (χ1) is 8.56. The molecule has 3 heteroatoms. The van der Waals surface area contributed by atoms with Gasteiger partial charge in [-0.25, -0.2) is 0 Å². The van der Waals surface area contributed by atoms with E-state index in [4.69, 9.17) is 0 Å². The van der Waals surface area contributed by atoms with E-state index in [9.17, 15) is 5.11 Å². The van der Waals surface area contributed by atoms with Crippen molar-refractivity contribution in [3.05, 3.63) is 33.4 Å². The van der Waals surface area contributed by atoms with Crippen LogP contribution in [0.3, 0.4) is 0 Å². The number of benzene rings is 1. The number of hydrogen-bond acceptors (Lipinski definition) is 2. The van der Waals surface area contributed by atoms with E-state index in [1.807, 2.05) is 0 Å². The largest absolute Gasteiger partial charge is 0.396 e. The quantitative estimate of drug-likeness (QED) is 0.726. The zero-order chi connectivity index (χ0) is 13.6. The van der Waals surface area contributed by atoms with E-state index in [1.54, 1.807) is 0 Å². The molecule has 18 heavy (non-hydrogen) atoms. The average Bonchev–Trinajstić information content (AvgIpc) is 2.41. The highest BCUT2D eigenvalue weighted by Gasteiger charge is 2.25. The Bertz CT molecular complexity index is 338. The minimum absolute atomic E-state index is 0.0253. The van der Waals surface area contributed by atoms with Gasteiger partial charge in [0.2, 0.25) is 0 Å². The molecule has 102 valence electrons. The van der Waals surface area contributed by atoms with Gasteiger partial charge in [0, 0.05) is 28.2 Å². The molecule has 0 aliphatic heterocycles. The third-order valence-electron chi connectivity index (χ3n) is 3.99. The van der Waals surface area contributed by atoms with Crippen LogP contribution in [0.4, 0.5) is 0 Å². The van der Waals surface area contributed by atoms with Gasteiger partial charge in [-0.3, -0.25) is 0 Å². The van der Waals surface area contributed by atoms with E-state index >= 15 is 0 Å². The summed E-state index contributed by atoms with van der Waals surface area (Å²) >= 11 is 2.32. The Morgan fingerprint density at radius 1 is 1.22 bits per heavy atom. The maximum atomic E-state index is 9.56. The Hall–Kier alpha value is -0.130. The number of aliphatic hydroxyl groups excluding tert-OH is 1. The molecule has 2 N–H and O–H groups in total. The standard InChI is InChI=1S/C15H24INO/c1-4-15(5-2,11-18)10-17-12(3)13-6-8-14(16)9-7-13/h6-9,12,17-18H,4-5,10-11H2,1-3H3. The van der Waals surface area contributed by atoms with Crippen LogP contribution in [-0.4, -0.2) is 18.3 Å². The van der Waals surface area contributed by atoms with Crippen molar-refractivity contribution in [2.75, 3.05) is 13.2 Å². The number of halogens is 1. The van der Waals surface area contributed by atoms with Crippen LogP contribution in [0.25, 0.3) is 0 Å². The van der Waals surface area contributed by atoms with Crippen LogP contribution in [0.5, 0.6) is 0 Å². The van der Waals surface area contributed by atoms with Crippen LogP contribution >= 0.6 is 22.6 Å². The Kier molecular flexibility index (Phi) is 6.60. The fraction of sp³-hybridized carbons (Fsp3) is 0.600. The lowest BCUT2D eigenvalue weighted by molar-refractivity contribution is 0.110. The molecule has 1 rings (SSSR count). The summed E-state index contributed by atoms with van der Waals surface area (Å²) in [4.78, 5) is 0. The fourth-order valence-electron chi connectivity index (χ4n) is 2.02. The van der Waals surface area contributed by atoms with Crippen molar-refractivity contribution < 1.29 is 5.11 Å². The first-order valence-corrected chi connectivity index (χ1v) is 7.74. The number of aliphatic hydroxyl groups is 1. The topological polar surface area (TPSA) is 32.3 Å². The predicted molar refractivity (Wildman–Crippen MR) is 85.7 cm³/mol. The summed E-state index contributed by atoms with van der Waals surface area (Å²) in [6, 6.07) is 8.92. The molecule has 0 fully saturated rings. The summed E-state index contributed by atoms with van der Waals surface area (Å²) in [6.07, 6.45) is 2.01. The molecule has 0 heterocycles. The van der Waals surface area contributed by atoms with E-state index < -0.39 is 0 Å². The monoisotopic (exact) mass is 361 g/mol. The Morgan fingerprint density at radius 2 is 1.78 bits per heavy atom. The maximum Gasteiger partial charge on any atom is 0.0499 e. The molecule has 0 saturated heterocycles. The minimum Gasteiger partial charge on any atom is -0.396 e. The van der Waals surface area contributed by atoms with Gasteiger partial charge in [-0.15, -0.1) is 0 Å². The lowest BCUT2D eigenvalue weighted by Gasteiger charge is -2.31. The fourth-order valence-corrected chi connectivity index (χ4v) is 2.38. The third kappa shape index (κ3) is 4.21. The van der Waals surface area contributed by atoms with Crippen LogP contribution in [0.2, 0.25) is 0 Å². The van der Waals surface area contributed by atoms with Crippen molar-refractivity contribution >= 4 is 22.6 Å². The van der Waals surface area contributed by atoms with Crippen molar-refractivity contribution in [1.29, 1.82) is 0 Å². The van der Waals surface area contributed by atoms with Gasteiger partial charge in [-0.2, -0.15) is 0 Å². The van der Waals surface area contributed by atoms with Gasteiger partial charge in [0.1, 0.15) is 0 Å². The van der Waals surface area contributed by atoms with Gasteiger partial charge >= 0.3 is 0 Å². The minimum atomic E-state index is 0.0253. The molecule has 0 radical (unpaired) electrons. The summed E-state index contributed by atoms with van der Waals surface area (Å²) < 4.78 is 1.26. The average molecular weight is 361 g/mol. The van der Waals surface area contributed by atoms with E-state index in [1.165, 1.54) is 9.13 Å². The van der Waals surface area contributed by atoms with Crippen molar-refractivity contribution in [2.24, 2.45) is 5.41 Å². The molecule has 2 nitrogen and oxygen atoms in total. The van der Waals surface area contributed by atoms with Gasteiger partial charge in [0.15, 0.2) is 0 Å².